The minimum absolute atomic E-state index is 0.220. The lowest BCUT2D eigenvalue weighted by Crippen LogP contribution is -2.42. The fraction of sp³-hybridized carbons (Fsp3) is 0.923. The molecule has 0 radical (unpaired) electrons. The number of carbonyl (C=O) groups is 1. The average molecular weight is 240 g/mol. The predicted octanol–water partition coefficient (Wildman–Crippen LogP) is 1.06. The van der Waals surface area contributed by atoms with Gasteiger partial charge in [-0.15, -0.1) is 0 Å². The smallest absolute Gasteiger partial charge is 0.220 e. The first-order chi connectivity index (χ1) is 8.24. The first-order valence-corrected chi connectivity index (χ1v) is 6.85. The monoisotopic (exact) mass is 240 g/mol. The van der Waals surface area contributed by atoms with E-state index in [1.54, 1.807) is 0 Å². The van der Waals surface area contributed by atoms with Crippen LogP contribution in [0.5, 0.6) is 0 Å². The fourth-order valence-corrected chi connectivity index (χ4v) is 2.78. The summed E-state index contributed by atoms with van der Waals surface area (Å²) in [5.41, 5.74) is 0. The summed E-state index contributed by atoms with van der Waals surface area (Å²) < 4.78 is 5.48. The van der Waals surface area contributed by atoms with Gasteiger partial charge < -0.3 is 15.4 Å². The van der Waals surface area contributed by atoms with Gasteiger partial charge in [-0.05, 0) is 51.6 Å². The Morgan fingerprint density at radius 1 is 1.47 bits per heavy atom. The van der Waals surface area contributed by atoms with E-state index < -0.39 is 0 Å². The first-order valence-electron chi connectivity index (χ1n) is 6.85. The summed E-state index contributed by atoms with van der Waals surface area (Å²) in [5, 5.41) is 6.50. The molecule has 17 heavy (non-hydrogen) atoms. The minimum atomic E-state index is 0.220. The molecule has 3 unspecified atom stereocenters. The number of hydrogen-bond donors (Lipinski definition) is 2. The molecule has 2 fully saturated rings. The lowest BCUT2D eigenvalue weighted by Gasteiger charge is -2.29. The fourth-order valence-electron chi connectivity index (χ4n) is 2.78. The molecule has 3 atom stereocenters. The van der Waals surface area contributed by atoms with Crippen LogP contribution in [-0.2, 0) is 9.53 Å². The summed E-state index contributed by atoms with van der Waals surface area (Å²) in [6.07, 6.45) is 5.26. The Balaban J connectivity index is 1.68. The van der Waals surface area contributed by atoms with E-state index >= 15 is 0 Å². The van der Waals surface area contributed by atoms with Crippen molar-refractivity contribution in [3.8, 4) is 0 Å². The Hall–Kier alpha value is -0.610. The third-order valence-electron chi connectivity index (χ3n) is 3.72. The van der Waals surface area contributed by atoms with E-state index in [1.807, 2.05) is 0 Å². The molecule has 2 rings (SSSR count). The van der Waals surface area contributed by atoms with E-state index in [0.29, 0.717) is 18.4 Å². The number of piperidine rings is 1. The maximum absolute atomic E-state index is 11.9. The van der Waals surface area contributed by atoms with E-state index in [4.69, 9.17) is 4.74 Å². The van der Waals surface area contributed by atoms with Crippen LogP contribution in [0.4, 0.5) is 0 Å². The Bertz CT molecular complexity index is 252. The van der Waals surface area contributed by atoms with Gasteiger partial charge in [0.25, 0.3) is 0 Å². The highest BCUT2D eigenvalue weighted by molar-refractivity contribution is 5.76. The molecule has 2 heterocycles. The van der Waals surface area contributed by atoms with Gasteiger partial charge >= 0.3 is 0 Å². The minimum Gasteiger partial charge on any atom is -0.378 e. The van der Waals surface area contributed by atoms with E-state index in [1.165, 1.54) is 12.8 Å². The maximum atomic E-state index is 11.9. The van der Waals surface area contributed by atoms with Gasteiger partial charge in [0.15, 0.2) is 0 Å². The van der Waals surface area contributed by atoms with Crippen LogP contribution in [0.2, 0.25) is 0 Å². The van der Waals surface area contributed by atoms with Crippen molar-refractivity contribution >= 4 is 5.91 Å². The SMILES string of the molecule is CC1CC(NC(=O)CC2CCCNC2)CCO1. The maximum Gasteiger partial charge on any atom is 0.220 e. The molecule has 98 valence electrons. The van der Waals surface area contributed by atoms with Gasteiger partial charge in [0.05, 0.1) is 6.10 Å². The normalized spacial score (nSPS) is 34.3. The van der Waals surface area contributed by atoms with Crippen LogP contribution < -0.4 is 10.6 Å². The van der Waals surface area contributed by atoms with Crippen LogP contribution in [0, 0.1) is 5.92 Å². The Morgan fingerprint density at radius 2 is 2.35 bits per heavy atom. The topological polar surface area (TPSA) is 50.4 Å². The summed E-state index contributed by atoms with van der Waals surface area (Å²) in [6.45, 7) is 4.95. The van der Waals surface area contributed by atoms with Gasteiger partial charge in [0, 0.05) is 19.1 Å². The van der Waals surface area contributed by atoms with Gasteiger partial charge in [-0.3, -0.25) is 4.79 Å². The van der Waals surface area contributed by atoms with Gasteiger partial charge in [0.1, 0.15) is 0 Å². The highest BCUT2D eigenvalue weighted by Crippen LogP contribution is 2.16. The molecule has 4 nitrogen and oxygen atoms in total. The van der Waals surface area contributed by atoms with Crippen molar-refractivity contribution in [3.63, 3.8) is 0 Å². The third kappa shape index (κ3) is 4.28. The van der Waals surface area contributed by atoms with Crippen LogP contribution in [0.1, 0.15) is 39.0 Å². The molecule has 2 saturated heterocycles. The van der Waals surface area contributed by atoms with Gasteiger partial charge in [-0.2, -0.15) is 0 Å². The number of amides is 1. The zero-order valence-electron chi connectivity index (χ0n) is 10.7. The summed E-state index contributed by atoms with van der Waals surface area (Å²) in [6, 6.07) is 0.322. The molecule has 1 amide bonds. The van der Waals surface area contributed by atoms with Crippen molar-refractivity contribution in [2.45, 2.75) is 51.2 Å². The highest BCUT2D eigenvalue weighted by Gasteiger charge is 2.22. The van der Waals surface area contributed by atoms with E-state index in [0.717, 1.165) is 32.5 Å². The van der Waals surface area contributed by atoms with Crippen molar-refractivity contribution < 1.29 is 9.53 Å². The molecule has 0 aromatic rings. The first kappa shape index (κ1) is 12.8. The molecule has 2 N–H and O–H groups in total. The number of hydrogen-bond acceptors (Lipinski definition) is 3. The Kier molecular flexibility index (Phi) is 4.80. The van der Waals surface area contributed by atoms with Crippen LogP contribution in [0.15, 0.2) is 0 Å². The van der Waals surface area contributed by atoms with Crippen LogP contribution in [0.3, 0.4) is 0 Å². The zero-order chi connectivity index (χ0) is 12.1. The number of ether oxygens (including phenoxy) is 1. The predicted molar refractivity (Wildman–Crippen MR) is 66.8 cm³/mol. The second kappa shape index (κ2) is 6.36. The molecule has 0 aliphatic carbocycles. The molecule has 0 bridgehead atoms. The van der Waals surface area contributed by atoms with Gasteiger partial charge in [-0.25, -0.2) is 0 Å². The lowest BCUT2D eigenvalue weighted by molar-refractivity contribution is -0.123. The van der Waals surface area contributed by atoms with E-state index in [2.05, 4.69) is 17.6 Å². The summed E-state index contributed by atoms with van der Waals surface area (Å²) in [4.78, 5) is 11.9. The Morgan fingerprint density at radius 3 is 3.06 bits per heavy atom. The molecule has 0 aromatic heterocycles. The van der Waals surface area contributed by atoms with E-state index in [-0.39, 0.29) is 12.0 Å². The average Bonchev–Trinajstić information content (AvgIpc) is 2.30. The quantitative estimate of drug-likeness (QED) is 0.775. The van der Waals surface area contributed by atoms with Crippen molar-refractivity contribution in [1.29, 1.82) is 0 Å². The molecular weight excluding hydrogens is 216 g/mol. The van der Waals surface area contributed by atoms with Gasteiger partial charge in [-0.1, -0.05) is 0 Å². The van der Waals surface area contributed by atoms with Crippen molar-refractivity contribution in [3.05, 3.63) is 0 Å². The molecular formula is C13H24N2O2. The lowest BCUT2D eigenvalue weighted by atomic mass is 9.95. The molecule has 4 heteroatoms. The van der Waals surface area contributed by atoms with Crippen molar-refractivity contribution in [2.24, 2.45) is 5.92 Å². The summed E-state index contributed by atoms with van der Waals surface area (Å²) >= 11 is 0. The van der Waals surface area contributed by atoms with Crippen molar-refractivity contribution in [1.82, 2.24) is 10.6 Å². The Labute approximate surface area is 103 Å². The molecule has 0 aromatic carbocycles. The van der Waals surface area contributed by atoms with Crippen LogP contribution in [0.25, 0.3) is 0 Å². The second-order valence-corrected chi connectivity index (χ2v) is 5.39. The molecule has 0 saturated carbocycles. The summed E-state index contributed by atoms with van der Waals surface area (Å²) in [7, 11) is 0. The largest absolute Gasteiger partial charge is 0.378 e. The van der Waals surface area contributed by atoms with E-state index in [9.17, 15) is 4.79 Å². The van der Waals surface area contributed by atoms with Crippen molar-refractivity contribution in [2.75, 3.05) is 19.7 Å². The summed E-state index contributed by atoms with van der Waals surface area (Å²) in [5.74, 6) is 0.749. The number of rotatable bonds is 3. The molecule has 2 aliphatic heterocycles. The molecule has 2 aliphatic rings. The third-order valence-corrected chi connectivity index (χ3v) is 3.72. The standard InChI is InChI=1S/C13H24N2O2/c1-10-7-12(4-6-17-10)15-13(16)8-11-3-2-5-14-9-11/h10-12,14H,2-9H2,1H3,(H,15,16). The number of carbonyl (C=O) groups excluding carboxylic acids is 1. The molecule has 0 spiro atoms. The highest BCUT2D eigenvalue weighted by atomic mass is 16.5. The van der Waals surface area contributed by atoms with Crippen LogP contribution in [-0.4, -0.2) is 37.7 Å². The zero-order valence-corrected chi connectivity index (χ0v) is 10.7. The number of nitrogens with one attached hydrogen (secondary N) is 2. The second-order valence-electron chi connectivity index (χ2n) is 5.39. The van der Waals surface area contributed by atoms with Crippen LogP contribution >= 0.6 is 0 Å². The van der Waals surface area contributed by atoms with Gasteiger partial charge in [0.2, 0.25) is 5.91 Å².